The molecule has 20 nitrogen and oxygen atoms in total. The Kier molecular flexibility index (Phi) is 12.3. The number of carbonyl (C=O) groups excluding carboxylic acids is 6. The summed E-state index contributed by atoms with van der Waals surface area (Å²) in [4.78, 5) is 74.4. The van der Waals surface area contributed by atoms with Crippen LogP contribution in [0.5, 0.6) is 0 Å². The Morgan fingerprint density at radius 3 is 2.00 bits per heavy atom. The third-order valence-electron chi connectivity index (χ3n) is 6.27. The lowest BCUT2D eigenvalue weighted by Gasteiger charge is -2.44. The molecule has 45 heavy (non-hydrogen) atoms. The molecule has 9 atom stereocenters. The van der Waals surface area contributed by atoms with Gasteiger partial charge in [-0.05, 0) is 0 Å². The number of aliphatic hydroxyl groups excluding tert-OH is 2. The Labute approximate surface area is 254 Å². The summed E-state index contributed by atoms with van der Waals surface area (Å²) in [6.07, 6.45) is -11.8. The lowest BCUT2D eigenvalue weighted by molar-refractivity contribution is -0.308. The van der Waals surface area contributed by atoms with Gasteiger partial charge in [0.1, 0.15) is 44.0 Å². The van der Waals surface area contributed by atoms with Gasteiger partial charge in [0.05, 0.1) is 13.0 Å². The van der Waals surface area contributed by atoms with Crippen LogP contribution in [0.25, 0.3) is 0 Å². The minimum absolute atomic E-state index is 0.341. The Bertz CT molecular complexity index is 1260. The van der Waals surface area contributed by atoms with Crippen molar-refractivity contribution in [3.05, 3.63) is 12.2 Å². The van der Waals surface area contributed by atoms with Gasteiger partial charge in [-0.15, -0.1) is 5.10 Å². The number of rotatable bonds is 13. The van der Waals surface area contributed by atoms with Crippen molar-refractivity contribution in [2.45, 2.75) is 89.4 Å². The second-order valence-electron chi connectivity index (χ2n) is 9.83. The molecule has 20 heteroatoms. The number of amides is 1. The molecule has 2 fully saturated rings. The molecule has 0 aliphatic carbocycles. The maximum absolute atomic E-state index is 12.5. The molecule has 1 amide bonds. The van der Waals surface area contributed by atoms with E-state index in [-0.39, 0.29) is 5.82 Å². The lowest BCUT2D eigenvalue weighted by Crippen LogP contribution is -2.63. The first kappa shape index (κ1) is 35.2. The van der Waals surface area contributed by atoms with Crippen LogP contribution in [-0.4, -0.2) is 130 Å². The molecule has 0 radical (unpaired) electrons. The van der Waals surface area contributed by atoms with Gasteiger partial charge < -0.3 is 53.8 Å². The monoisotopic (exact) mass is 646 g/mol. The van der Waals surface area contributed by atoms with Crippen LogP contribution in [0.1, 0.15) is 51.0 Å². The average Bonchev–Trinajstić information content (AvgIpc) is 3.54. The number of aliphatic hydroxyl groups is 2. The number of nitrogens with two attached hydrogens (primary N) is 1. The van der Waals surface area contributed by atoms with Gasteiger partial charge in [-0.1, -0.05) is 0 Å². The quantitative estimate of drug-likeness (QED) is 0.142. The molecule has 4 N–H and O–H groups in total. The van der Waals surface area contributed by atoms with Crippen LogP contribution in [0.3, 0.4) is 0 Å². The molecule has 250 valence electrons. The molecular weight excluding hydrogens is 612 g/mol. The number of primary amides is 1. The summed E-state index contributed by atoms with van der Waals surface area (Å²) in [5, 5.41) is 24.4. The van der Waals surface area contributed by atoms with Crippen molar-refractivity contribution < 1.29 is 76.9 Å². The highest BCUT2D eigenvalue weighted by Crippen LogP contribution is 2.31. The van der Waals surface area contributed by atoms with Gasteiger partial charge >= 0.3 is 29.8 Å². The average molecular weight is 647 g/mol. The molecule has 0 aromatic carbocycles. The Morgan fingerprint density at radius 1 is 0.822 bits per heavy atom. The van der Waals surface area contributed by atoms with E-state index in [1.807, 2.05) is 0 Å². The SMILES string of the molecule is CC(=O)OCC1O[C@@H](OCCC(=O)OC[C@H]2O[C@@H](n3cnc(C(N)=O)n3)[C@H](O)[C@@H]2O)C(OC(C)=O)C(OC(C)=O)[C@H]1OC(C)=O. The van der Waals surface area contributed by atoms with Crippen LogP contribution in [-0.2, 0) is 61.9 Å². The third-order valence-corrected chi connectivity index (χ3v) is 6.27. The van der Waals surface area contributed by atoms with Crippen molar-refractivity contribution in [3.63, 3.8) is 0 Å². The fourth-order valence-electron chi connectivity index (χ4n) is 4.42. The largest absolute Gasteiger partial charge is 0.463 e. The van der Waals surface area contributed by atoms with E-state index in [0.717, 1.165) is 38.7 Å². The van der Waals surface area contributed by atoms with Gasteiger partial charge in [0, 0.05) is 27.7 Å². The summed E-state index contributed by atoms with van der Waals surface area (Å²) in [5.41, 5.74) is 5.11. The number of hydrogen-bond donors (Lipinski definition) is 3. The van der Waals surface area contributed by atoms with Gasteiger partial charge in [-0.3, -0.25) is 28.8 Å². The topological polar surface area (TPSA) is 273 Å². The smallest absolute Gasteiger partial charge is 0.308 e. The van der Waals surface area contributed by atoms with Crippen LogP contribution < -0.4 is 5.73 Å². The van der Waals surface area contributed by atoms with Gasteiger partial charge in [0.15, 0.2) is 30.8 Å². The molecule has 1 aromatic heterocycles. The normalized spacial score (nSPS) is 29.3. The molecule has 2 saturated heterocycles. The van der Waals surface area contributed by atoms with Crippen molar-refractivity contribution in [1.29, 1.82) is 0 Å². The van der Waals surface area contributed by atoms with Gasteiger partial charge in [-0.25, -0.2) is 9.67 Å². The number of carbonyl (C=O) groups is 6. The van der Waals surface area contributed by atoms with E-state index in [0.29, 0.717) is 0 Å². The number of aromatic nitrogens is 3. The molecule has 0 saturated carbocycles. The molecule has 1 aromatic rings. The van der Waals surface area contributed by atoms with Gasteiger partial charge in [-0.2, -0.15) is 0 Å². The second kappa shape index (κ2) is 15.7. The summed E-state index contributed by atoms with van der Waals surface area (Å²) in [6.45, 7) is 2.96. The van der Waals surface area contributed by atoms with E-state index < -0.39 is 117 Å². The van der Waals surface area contributed by atoms with Crippen molar-refractivity contribution in [3.8, 4) is 0 Å². The van der Waals surface area contributed by atoms with Crippen LogP contribution in [0.15, 0.2) is 6.33 Å². The van der Waals surface area contributed by atoms with Crippen molar-refractivity contribution >= 4 is 35.8 Å². The van der Waals surface area contributed by atoms with Gasteiger partial charge in [0.2, 0.25) is 5.82 Å². The summed E-state index contributed by atoms with van der Waals surface area (Å²) in [7, 11) is 0. The minimum Gasteiger partial charge on any atom is -0.463 e. The maximum atomic E-state index is 12.5. The van der Waals surface area contributed by atoms with Crippen molar-refractivity contribution in [1.82, 2.24) is 14.8 Å². The lowest BCUT2D eigenvalue weighted by atomic mass is 9.98. The van der Waals surface area contributed by atoms with Gasteiger partial charge in [0.25, 0.3) is 5.91 Å². The molecule has 3 heterocycles. The van der Waals surface area contributed by atoms with Crippen LogP contribution in [0, 0.1) is 0 Å². The van der Waals surface area contributed by atoms with E-state index in [2.05, 4.69) is 10.1 Å². The Hall–Kier alpha value is -4.24. The molecule has 2 aliphatic rings. The molecule has 0 spiro atoms. The molecule has 2 aliphatic heterocycles. The van der Waals surface area contributed by atoms with E-state index >= 15 is 0 Å². The molecule has 3 unspecified atom stereocenters. The van der Waals surface area contributed by atoms with E-state index in [9.17, 15) is 39.0 Å². The van der Waals surface area contributed by atoms with E-state index in [1.165, 1.54) is 0 Å². The molecule has 3 rings (SSSR count). The first-order chi connectivity index (χ1) is 21.2. The summed E-state index contributed by atoms with van der Waals surface area (Å²) >= 11 is 0. The predicted octanol–water partition coefficient (Wildman–Crippen LogP) is -2.97. The molecular formula is C25H34N4O16. The number of nitrogens with zero attached hydrogens (tertiary/aromatic N) is 3. The van der Waals surface area contributed by atoms with Crippen LogP contribution in [0.2, 0.25) is 0 Å². The van der Waals surface area contributed by atoms with Crippen molar-refractivity contribution in [2.75, 3.05) is 19.8 Å². The first-order valence-corrected chi connectivity index (χ1v) is 13.5. The van der Waals surface area contributed by atoms with E-state index in [4.69, 9.17) is 43.6 Å². The van der Waals surface area contributed by atoms with Crippen LogP contribution in [0.4, 0.5) is 0 Å². The Balaban J connectivity index is 1.63. The minimum atomic E-state index is -1.51. The zero-order valence-corrected chi connectivity index (χ0v) is 24.6. The standard InChI is InChI=1S/C25H34N4O16/c1-10(30)39-8-15-19(41-11(2)31)20(42-12(3)32)21(43-13(4)33)25(45-15)38-6-5-16(34)40-7-14-17(35)18(36)24(44-14)29-9-27-23(28-29)22(26)37/h9,14-15,17-21,24-25,35-36H,5-8H2,1-4H3,(H2,26,37)/t14-,15?,17-,18-,19+,20?,21?,24-,25-/m1/s1. The number of esters is 5. The summed E-state index contributed by atoms with van der Waals surface area (Å²) in [6, 6.07) is 0. The highest BCUT2D eigenvalue weighted by molar-refractivity contribution is 5.88. The fourth-order valence-corrected chi connectivity index (χ4v) is 4.42. The highest BCUT2D eigenvalue weighted by Gasteiger charge is 2.53. The third kappa shape index (κ3) is 9.62. The fraction of sp³-hybridized carbons (Fsp3) is 0.680. The highest BCUT2D eigenvalue weighted by atomic mass is 16.7. The number of hydrogen-bond acceptors (Lipinski definition) is 18. The summed E-state index contributed by atoms with van der Waals surface area (Å²) in [5.74, 6) is -5.26. The van der Waals surface area contributed by atoms with E-state index in [1.54, 1.807) is 0 Å². The zero-order chi connectivity index (χ0) is 33.4. The maximum Gasteiger partial charge on any atom is 0.308 e. The van der Waals surface area contributed by atoms with Crippen molar-refractivity contribution in [2.24, 2.45) is 5.73 Å². The second-order valence-corrected chi connectivity index (χ2v) is 9.83. The molecule has 0 bridgehead atoms. The first-order valence-electron chi connectivity index (χ1n) is 13.5. The van der Waals surface area contributed by atoms with Crippen LogP contribution >= 0.6 is 0 Å². The zero-order valence-electron chi connectivity index (χ0n) is 24.6. The Morgan fingerprint density at radius 2 is 1.42 bits per heavy atom. The number of ether oxygens (including phenoxy) is 8. The predicted molar refractivity (Wildman–Crippen MR) is 138 cm³/mol. The summed E-state index contributed by atoms with van der Waals surface area (Å²) < 4.78 is 43.9.